The maximum absolute atomic E-state index is 6.29. The zero-order valence-corrected chi connectivity index (χ0v) is 17.3. The Morgan fingerprint density at radius 1 is 0.857 bits per heavy atom. The second-order valence-corrected chi connectivity index (χ2v) is 7.28. The normalized spacial score (nSPS) is 10.5. The molecule has 0 fully saturated rings. The Hall–Kier alpha value is -2.42. The number of rotatable bonds is 8. The van der Waals surface area contributed by atoms with Gasteiger partial charge < -0.3 is 9.47 Å². The van der Waals surface area contributed by atoms with E-state index >= 15 is 0 Å². The highest BCUT2D eigenvalue weighted by Gasteiger charge is 2.08. The fraction of sp³-hybridized carbons (Fsp3) is 0.167. The van der Waals surface area contributed by atoms with Crippen LogP contribution >= 0.6 is 23.2 Å². The molecular weight excluding hydrogens is 391 g/mol. The second-order valence-electron chi connectivity index (χ2n) is 6.46. The minimum Gasteiger partial charge on any atom is -0.497 e. The highest BCUT2D eigenvalue weighted by Crippen LogP contribution is 2.26. The minimum atomic E-state index is 0.395. The van der Waals surface area contributed by atoms with Gasteiger partial charge in [-0.25, -0.2) is 0 Å². The SMILES string of the molecule is C=C(OC)c1cc(CCc2ccccc2Cl)cc(OCc2ccccc2Cl)c1. The third-order valence-electron chi connectivity index (χ3n) is 4.53. The first-order valence-electron chi connectivity index (χ1n) is 9.03. The predicted molar refractivity (Wildman–Crippen MR) is 117 cm³/mol. The lowest BCUT2D eigenvalue weighted by Crippen LogP contribution is -2.00. The standard InChI is InChI=1S/C24H22Cl2O2/c1-17(27-2)21-13-18(11-12-19-7-3-5-9-23(19)25)14-22(15-21)28-16-20-8-4-6-10-24(20)26/h3-10,13-15H,1,11-12,16H2,2H3. The van der Waals surface area contributed by atoms with Gasteiger partial charge in [-0.3, -0.25) is 0 Å². The van der Waals surface area contributed by atoms with E-state index in [4.69, 9.17) is 32.7 Å². The summed E-state index contributed by atoms with van der Waals surface area (Å²) in [6.45, 7) is 4.37. The quantitative estimate of drug-likeness (QED) is 0.371. The van der Waals surface area contributed by atoms with Crippen LogP contribution in [0.3, 0.4) is 0 Å². The van der Waals surface area contributed by atoms with E-state index in [2.05, 4.69) is 18.7 Å². The number of hydrogen-bond donors (Lipinski definition) is 0. The molecule has 0 spiro atoms. The lowest BCUT2D eigenvalue weighted by molar-refractivity contribution is 0.305. The summed E-state index contributed by atoms with van der Waals surface area (Å²) in [5.74, 6) is 1.35. The molecular formula is C24H22Cl2O2. The van der Waals surface area contributed by atoms with Crippen LogP contribution in [0, 0.1) is 0 Å². The molecule has 0 aliphatic heterocycles. The van der Waals surface area contributed by atoms with Crippen LogP contribution in [-0.2, 0) is 24.2 Å². The fourth-order valence-corrected chi connectivity index (χ4v) is 3.34. The largest absolute Gasteiger partial charge is 0.497 e. The molecule has 0 aliphatic rings. The van der Waals surface area contributed by atoms with Crippen LogP contribution in [0.4, 0.5) is 0 Å². The van der Waals surface area contributed by atoms with Crippen molar-refractivity contribution in [2.45, 2.75) is 19.4 Å². The Morgan fingerprint density at radius 3 is 2.14 bits per heavy atom. The van der Waals surface area contributed by atoms with Crippen LogP contribution in [0.15, 0.2) is 73.3 Å². The van der Waals surface area contributed by atoms with E-state index < -0.39 is 0 Å². The van der Waals surface area contributed by atoms with Gasteiger partial charge in [-0.2, -0.15) is 0 Å². The van der Waals surface area contributed by atoms with Crippen LogP contribution in [-0.4, -0.2) is 7.11 Å². The molecule has 28 heavy (non-hydrogen) atoms. The summed E-state index contributed by atoms with van der Waals surface area (Å²) in [5, 5.41) is 1.48. The monoisotopic (exact) mass is 412 g/mol. The molecule has 4 heteroatoms. The lowest BCUT2D eigenvalue weighted by Gasteiger charge is -2.13. The highest BCUT2D eigenvalue weighted by molar-refractivity contribution is 6.31. The molecule has 0 unspecified atom stereocenters. The van der Waals surface area contributed by atoms with E-state index in [1.54, 1.807) is 7.11 Å². The molecule has 0 bridgehead atoms. The first kappa shape index (κ1) is 20.3. The molecule has 0 atom stereocenters. The van der Waals surface area contributed by atoms with Gasteiger partial charge in [0.25, 0.3) is 0 Å². The van der Waals surface area contributed by atoms with E-state index in [9.17, 15) is 0 Å². The van der Waals surface area contributed by atoms with E-state index in [0.717, 1.165) is 45.9 Å². The lowest BCUT2D eigenvalue weighted by atomic mass is 10.0. The van der Waals surface area contributed by atoms with Crippen LogP contribution in [0.1, 0.15) is 22.3 Å². The molecule has 0 heterocycles. The number of benzene rings is 3. The van der Waals surface area contributed by atoms with Gasteiger partial charge >= 0.3 is 0 Å². The highest BCUT2D eigenvalue weighted by atomic mass is 35.5. The molecule has 0 amide bonds. The van der Waals surface area contributed by atoms with Gasteiger partial charge in [-0.1, -0.05) is 66.2 Å². The number of ether oxygens (including phenoxy) is 2. The molecule has 144 valence electrons. The average Bonchev–Trinajstić information content (AvgIpc) is 2.72. The Balaban J connectivity index is 1.79. The molecule has 3 aromatic rings. The third-order valence-corrected chi connectivity index (χ3v) is 5.27. The number of methoxy groups -OCH3 is 1. The maximum Gasteiger partial charge on any atom is 0.120 e. The van der Waals surface area contributed by atoms with Crippen molar-refractivity contribution in [2.24, 2.45) is 0 Å². The van der Waals surface area contributed by atoms with Crippen molar-refractivity contribution in [3.63, 3.8) is 0 Å². The zero-order chi connectivity index (χ0) is 19.9. The summed E-state index contributed by atoms with van der Waals surface area (Å²) >= 11 is 12.5. The van der Waals surface area contributed by atoms with Gasteiger partial charge in [0.05, 0.1) is 7.11 Å². The summed E-state index contributed by atoms with van der Waals surface area (Å²) in [4.78, 5) is 0. The van der Waals surface area contributed by atoms with Gasteiger partial charge in [0.2, 0.25) is 0 Å². The minimum absolute atomic E-state index is 0.395. The molecule has 0 radical (unpaired) electrons. The van der Waals surface area contributed by atoms with Crippen molar-refractivity contribution in [2.75, 3.05) is 7.11 Å². The molecule has 0 aromatic heterocycles. The Labute approximate surface area is 176 Å². The van der Waals surface area contributed by atoms with Crippen molar-refractivity contribution < 1.29 is 9.47 Å². The van der Waals surface area contributed by atoms with Crippen molar-refractivity contribution in [3.8, 4) is 5.75 Å². The number of halogens is 2. The summed E-state index contributed by atoms with van der Waals surface area (Å²) in [7, 11) is 1.61. The van der Waals surface area contributed by atoms with Crippen LogP contribution in [0.25, 0.3) is 5.76 Å². The van der Waals surface area contributed by atoms with Crippen LogP contribution < -0.4 is 4.74 Å². The van der Waals surface area contributed by atoms with Gasteiger partial charge in [0, 0.05) is 21.2 Å². The number of hydrogen-bond acceptors (Lipinski definition) is 2. The van der Waals surface area contributed by atoms with Crippen LogP contribution in [0.5, 0.6) is 5.75 Å². The molecule has 0 saturated heterocycles. The fourth-order valence-electron chi connectivity index (χ4n) is 2.92. The first-order chi connectivity index (χ1) is 13.6. The number of aryl methyl sites for hydroxylation is 2. The van der Waals surface area contributed by atoms with Gasteiger partial charge in [-0.05, 0) is 54.3 Å². The molecule has 3 rings (SSSR count). The van der Waals surface area contributed by atoms with E-state index in [-0.39, 0.29) is 0 Å². The van der Waals surface area contributed by atoms with Gasteiger partial charge in [-0.15, -0.1) is 0 Å². The molecule has 0 aliphatic carbocycles. The second kappa shape index (κ2) is 9.68. The van der Waals surface area contributed by atoms with Crippen molar-refractivity contribution in [1.29, 1.82) is 0 Å². The van der Waals surface area contributed by atoms with Gasteiger partial charge in [0.1, 0.15) is 18.1 Å². The third kappa shape index (κ3) is 5.31. The predicted octanol–water partition coefficient (Wildman–Crippen LogP) is 6.97. The Morgan fingerprint density at radius 2 is 1.50 bits per heavy atom. The Kier molecular flexibility index (Phi) is 7.02. The summed E-state index contributed by atoms with van der Waals surface area (Å²) in [6, 6.07) is 21.6. The molecule has 0 N–H and O–H groups in total. The van der Waals surface area contributed by atoms with Crippen molar-refractivity contribution in [1.82, 2.24) is 0 Å². The van der Waals surface area contributed by atoms with Crippen molar-refractivity contribution >= 4 is 29.0 Å². The van der Waals surface area contributed by atoms with Crippen molar-refractivity contribution in [3.05, 3.63) is 106 Å². The Bertz CT molecular complexity index is 899. The summed E-state index contributed by atoms with van der Waals surface area (Å²) in [5.41, 5.74) is 4.09. The maximum atomic E-state index is 6.29. The molecule has 3 aromatic carbocycles. The van der Waals surface area contributed by atoms with E-state index in [0.29, 0.717) is 17.4 Å². The van der Waals surface area contributed by atoms with Crippen LogP contribution in [0.2, 0.25) is 10.0 Å². The smallest absolute Gasteiger partial charge is 0.120 e. The first-order valence-corrected chi connectivity index (χ1v) is 9.79. The molecule has 0 saturated carbocycles. The summed E-state index contributed by atoms with van der Waals surface area (Å²) in [6.07, 6.45) is 1.67. The van der Waals surface area contributed by atoms with E-state index in [1.165, 1.54) is 0 Å². The topological polar surface area (TPSA) is 18.5 Å². The summed E-state index contributed by atoms with van der Waals surface area (Å²) < 4.78 is 11.3. The zero-order valence-electron chi connectivity index (χ0n) is 15.8. The molecule has 2 nitrogen and oxygen atoms in total. The van der Waals surface area contributed by atoms with Gasteiger partial charge in [0.15, 0.2) is 0 Å². The average molecular weight is 413 g/mol. The van der Waals surface area contributed by atoms with E-state index in [1.807, 2.05) is 54.6 Å².